The van der Waals surface area contributed by atoms with E-state index in [1.807, 2.05) is 25.7 Å². The summed E-state index contributed by atoms with van der Waals surface area (Å²) in [6, 6.07) is 0. The minimum absolute atomic E-state index is 0.456. The maximum atomic E-state index is 4.28. The van der Waals surface area contributed by atoms with Gasteiger partial charge in [0, 0.05) is 23.9 Å². The lowest BCUT2D eigenvalue weighted by atomic mass is 10.3. The van der Waals surface area contributed by atoms with Gasteiger partial charge in [-0.2, -0.15) is 11.8 Å². The molecule has 1 fully saturated rings. The average molecular weight is 238 g/mol. The fraction of sp³-hybridized carbons (Fsp3) is 0.636. The van der Waals surface area contributed by atoms with Crippen molar-refractivity contribution in [2.24, 2.45) is 0 Å². The summed E-state index contributed by atoms with van der Waals surface area (Å²) in [6.45, 7) is 3.03. The SMILES string of the molecule is CNc1ncnc(NCC2(SC)CC2)c1C. The number of nitrogens with zero attached hydrogens (tertiary/aromatic N) is 2. The van der Waals surface area contributed by atoms with Crippen LogP contribution in [0.4, 0.5) is 11.6 Å². The van der Waals surface area contributed by atoms with Crippen LogP contribution < -0.4 is 10.6 Å². The highest BCUT2D eigenvalue weighted by Gasteiger charge is 2.41. The normalized spacial score (nSPS) is 16.9. The second kappa shape index (κ2) is 4.49. The van der Waals surface area contributed by atoms with E-state index in [1.165, 1.54) is 12.8 Å². The fourth-order valence-corrected chi connectivity index (χ4v) is 2.44. The Kier molecular flexibility index (Phi) is 3.23. The van der Waals surface area contributed by atoms with Gasteiger partial charge >= 0.3 is 0 Å². The van der Waals surface area contributed by atoms with Crippen molar-refractivity contribution in [3.05, 3.63) is 11.9 Å². The molecule has 16 heavy (non-hydrogen) atoms. The number of thioether (sulfide) groups is 1. The predicted octanol–water partition coefficient (Wildman–Crippen LogP) is 2.13. The minimum Gasteiger partial charge on any atom is -0.373 e. The zero-order valence-electron chi connectivity index (χ0n) is 10.0. The molecular weight excluding hydrogens is 220 g/mol. The molecule has 0 bridgehead atoms. The van der Waals surface area contributed by atoms with Crippen molar-refractivity contribution in [1.29, 1.82) is 0 Å². The smallest absolute Gasteiger partial charge is 0.134 e. The molecule has 1 aromatic rings. The van der Waals surface area contributed by atoms with Crippen LogP contribution in [0.3, 0.4) is 0 Å². The Morgan fingerprint density at radius 2 is 2.06 bits per heavy atom. The number of nitrogens with one attached hydrogen (secondary N) is 2. The van der Waals surface area contributed by atoms with E-state index in [0.717, 1.165) is 23.7 Å². The molecule has 1 aliphatic carbocycles. The maximum absolute atomic E-state index is 4.28. The summed E-state index contributed by atoms with van der Waals surface area (Å²) in [5.74, 6) is 1.84. The highest BCUT2D eigenvalue weighted by molar-refractivity contribution is 8.00. The molecule has 1 saturated carbocycles. The minimum atomic E-state index is 0.456. The molecule has 1 aliphatic rings. The van der Waals surface area contributed by atoms with E-state index in [4.69, 9.17) is 0 Å². The summed E-state index contributed by atoms with van der Waals surface area (Å²) in [7, 11) is 1.88. The van der Waals surface area contributed by atoms with Gasteiger partial charge in [0.25, 0.3) is 0 Å². The molecular formula is C11H18N4S. The molecule has 0 saturated heterocycles. The Morgan fingerprint density at radius 3 is 2.62 bits per heavy atom. The van der Waals surface area contributed by atoms with E-state index in [9.17, 15) is 0 Å². The van der Waals surface area contributed by atoms with E-state index in [0.29, 0.717) is 4.75 Å². The van der Waals surface area contributed by atoms with Gasteiger partial charge < -0.3 is 10.6 Å². The third-order valence-corrected chi connectivity index (χ3v) is 4.56. The van der Waals surface area contributed by atoms with Gasteiger partial charge in [-0.05, 0) is 26.0 Å². The van der Waals surface area contributed by atoms with Gasteiger partial charge in [0.15, 0.2) is 0 Å². The molecule has 0 aliphatic heterocycles. The van der Waals surface area contributed by atoms with Crippen LogP contribution in [0.2, 0.25) is 0 Å². The van der Waals surface area contributed by atoms with Crippen LogP contribution >= 0.6 is 11.8 Å². The molecule has 1 aromatic heterocycles. The van der Waals surface area contributed by atoms with Crippen molar-refractivity contribution < 1.29 is 0 Å². The maximum Gasteiger partial charge on any atom is 0.134 e. The summed E-state index contributed by atoms with van der Waals surface area (Å²) in [5, 5.41) is 6.50. The zero-order valence-corrected chi connectivity index (χ0v) is 10.8. The topological polar surface area (TPSA) is 49.8 Å². The summed E-state index contributed by atoms with van der Waals surface area (Å²) in [4.78, 5) is 8.45. The lowest BCUT2D eigenvalue weighted by molar-refractivity contribution is 0.933. The van der Waals surface area contributed by atoms with Crippen LogP contribution in [0.5, 0.6) is 0 Å². The summed E-state index contributed by atoms with van der Waals surface area (Å²) < 4.78 is 0.456. The quantitative estimate of drug-likeness (QED) is 0.823. The first kappa shape index (κ1) is 11.5. The number of hydrogen-bond donors (Lipinski definition) is 2. The lowest BCUT2D eigenvalue weighted by Crippen LogP contribution is -2.19. The van der Waals surface area contributed by atoms with Crippen molar-refractivity contribution in [2.45, 2.75) is 24.5 Å². The molecule has 0 amide bonds. The van der Waals surface area contributed by atoms with Gasteiger partial charge in [-0.25, -0.2) is 9.97 Å². The largest absolute Gasteiger partial charge is 0.373 e. The highest BCUT2D eigenvalue weighted by Crippen LogP contribution is 2.47. The molecule has 0 radical (unpaired) electrons. The monoisotopic (exact) mass is 238 g/mol. The van der Waals surface area contributed by atoms with Crippen molar-refractivity contribution in [2.75, 3.05) is 30.5 Å². The van der Waals surface area contributed by atoms with Crippen LogP contribution in [-0.4, -0.2) is 34.6 Å². The second-order valence-corrected chi connectivity index (χ2v) is 5.46. The molecule has 0 spiro atoms. The Labute approximate surface area is 101 Å². The van der Waals surface area contributed by atoms with Gasteiger partial charge in [-0.1, -0.05) is 0 Å². The zero-order chi connectivity index (χ0) is 11.6. The highest BCUT2D eigenvalue weighted by atomic mass is 32.2. The number of hydrogen-bond acceptors (Lipinski definition) is 5. The van der Waals surface area contributed by atoms with Crippen LogP contribution in [-0.2, 0) is 0 Å². The van der Waals surface area contributed by atoms with Crippen LogP contribution in [0.1, 0.15) is 18.4 Å². The number of aromatic nitrogens is 2. The summed E-state index contributed by atoms with van der Waals surface area (Å²) in [6.07, 6.45) is 6.40. The summed E-state index contributed by atoms with van der Waals surface area (Å²) >= 11 is 1.95. The number of anilines is 2. The van der Waals surface area contributed by atoms with Crippen molar-refractivity contribution in [1.82, 2.24) is 9.97 Å². The van der Waals surface area contributed by atoms with E-state index in [1.54, 1.807) is 6.33 Å². The lowest BCUT2D eigenvalue weighted by Gasteiger charge is -2.15. The van der Waals surface area contributed by atoms with Crippen LogP contribution in [0, 0.1) is 6.92 Å². The first-order valence-electron chi connectivity index (χ1n) is 5.49. The Morgan fingerprint density at radius 1 is 1.38 bits per heavy atom. The molecule has 2 N–H and O–H groups in total. The number of rotatable bonds is 5. The molecule has 2 rings (SSSR count). The Bertz CT molecular complexity index is 376. The fourth-order valence-electron chi connectivity index (χ4n) is 1.72. The molecule has 1 heterocycles. The van der Waals surface area contributed by atoms with Gasteiger partial charge in [-0.3, -0.25) is 0 Å². The van der Waals surface area contributed by atoms with E-state index in [-0.39, 0.29) is 0 Å². The molecule has 0 atom stereocenters. The van der Waals surface area contributed by atoms with Crippen molar-refractivity contribution in [3.63, 3.8) is 0 Å². The summed E-state index contributed by atoms with van der Waals surface area (Å²) in [5.41, 5.74) is 1.09. The molecule has 4 nitrogen and oxygen atoms in total. The molecule has 0 unspecified atom stereocenters. The van der Waals surface area contributed by atoms with Gasteiger partial charge in [0.05, 0.1) is 0 Å². The molecule has 0 aromatic carbocycles. The first-order valence-corrected chi connectivity index (χ1v) is 6.71. The predicted molar refractivity (Wildman–Crippen MR) is 70.3 cm³/mol. The third kappa shape index (κ3) is 2.24. The van der Waals surface area contributed by atoms with Crippen molar-refractivity contribution in [3.8, 4) is 0 Å². The van der Waals surface area contributed by atoms with Crippen LogP contribution in [0.15, 0.2) is 6.33 Å². The van der Waals surface area contributed by atoms with Gasteiger partial charge in [-0.15, -0.1) is 0 Å². The van der Waals surface area contributed by atoms with E-state index >= 15 is 0 Å². The van der Waals surface area contributed by atoms with Gasteiger partial charge in [0.1, 0.15) is 18.0 Å². The van der Waals surface area contributed by atoms with E-state index < -0.39 is 0 Å². The van der Waals surface area contributed by atoms with E-state index in [2.05, 4.69) is 26.9 Å². The molecule has 5 heteroatoms. The second-order valence-electron chi connectivity index (χ2n) is 4.19. The standard InChI is InChI=1S/C11H18N4S/c1-8-9(12-2)14-7-15-10(8)13-6-11(16-3)4-5-11/h7H,4-6H2,1-3H3,(H2,12,13,14,15). The third-order valence-electron chi connectivity index (χ3n) is 3.14. The Balaban J connectivity index is 2.04. The Hall–Kier alpha value is -0.970. The van der Waals surface area contributed by atoms with Gasteiger partial charge in [0.2, 0.25) is 0 Å². The van der Waals surface area contributed by atoms with Crippen molar-refractivity contribution >= 4 is 23.4 Å². The molecule has 88 valence electrons. The average Bonchev–Trinajstić information content (AvgIpc) is 3.08. The van der Waals surface area contributed by atoms with Crippen LogP contribution in [0.25, 0.3) is 0 Å². The first-order chi connectivity index (χ1) is 7.71.